The van der Waals surface area contributed by atoms with Gasteiger partial charge in [-0.2, -0.15) is 0 Å². The van der Waals surface area contributed by atoms with E-state index in [1.165, 1.54) is 4.90 Å². The third-order valence-corrected chi connectivity index (χ3v) is 6.11. The Morgan fingerprint density at radius 1 is 1.00 bits per heavy atom. The summed E-state index contributed by atoms with van der Waals surface area (Å²) in [5.41, 5.74) is 2.27. The van der Waals surface area contributed by atoms with E-state index in [0.29, 0.717) is 29.4 Å². The predicted octanol–water partition coefficient (Wildman–Crippen LogP) is 4.29. The van der Waals surface area contributed by atoms with Crippen LogP contribution in [0.1, 0.15) is 17.5 Å². The van der Waals surface area contributed by atoms with Crippen LogP contribution in [0, 0.1) is 0 Å². The number of carbonyl (C=O) groups excluding carboxylic acids is 3. The van der Waals surface area contributed by atoms with Gasteiger partial charge in [-0.3, -0.25) is 14.4 Å². The van der Waals surface area contributed by atoms with E-state index in [1.807, 2.05) is 48.5 Å². The van der Waals surface area contributed by atoms with Gasteiger partial charge in [0.05, 0.1) is 25.6 Å². The van der Waals surface area contributed by atoms with Crippen LogP contribution < -0.4 is 9.64 Å². The van der Waals surface area contributed by atoms with Crippen molar-refractivity contribution in [3.63, 3.8) is 0 Å². The lowest BCUT2D eigenvalue weighted by molar-refractivity contribution is -0.137. The van der Waals surface area contributed by atoms with Crippen molar-refractivity contribution < 1.29 is 19.1 Å². The number of benzene rings is 3. The van der Waals surface area contributed by atoms with Crippen molar-refractivity contribution in [2.75, 3.05) is 18.6 Å². The molecule has 174 valence electrons. The first-order chi connectivity index (χ1) is 16.5. The quantitative estimate of drug-likeness (QED) is 0.455. The molecule has 1 atom stereocenters. The van der Waals surface area contributed by atoms with Crippen molar-refractivity contribution >= 4 is 35.0 Å². The minimum Gasteiger partial charge on any atom is -0.497 e. The summed E-state index contributed by atoms with van der Waals surface area (Å²) in [6.45, 7) is 0.298. The van der Waals surface area contributed by atoms with E-state index >= 15 is 0 Å². The lowest BCUT2D eigenvalue weighted by Gasteiger charge is -2.28. The smallest absolute Gasteiger partial charge is 0.257 e. The molecular formula is C27H25ClN2O4. The minimum absolute atomic E-state index is 0.0546. The highest BCUT2D eigenvalue weighted by Crippen LogP contribution is 2.28. The maximum Gasteiger partial charge on any atom is 0.257 e. The van der Waals surface area contributed by atoms with Crippen molar-refractivity contribution in [1.29, 1.82) is 0 Å². The molecule has 3 aromatic rings. The van der Waals surface area contributed by atoms with E-state index in [1.54, 1.807) is 37.4 Å². The van der Waals surface area contributed by atoms with Gasteiger partial charge in [0.2, 0.25) is 11.8 Å². The minimum atomic E-state index is -0.856. The summed E-state index contributed by atoms with van der Waals surface area (Å²) < 4.78 is 5.16. The monoisotopic (exact) mass is 476 g/mol. The third-order valence-electron chi connectivity index (χ3n) is 5.88. The van der Waals surface area contributed by atoms with E-state index in [9.17, 15) is 14.4 Å². The van der Waals surface area contributed by atoms with Crippen LogP contribution in [0.15, 0.2) is 78.9 Å². The Kier molecular flexibility index (Phi) is 7.28. The molecule has 3 amide bonds. The summed E-state index contributed by atoms with van der Waals surface area (Å²) in [5.74, 6) is -0.306. The molecule has 4 rings (SSSR count). The van der Waals surface area contributed by atoms with Crippen LogP contribution in [0.2, 0.25) is 5.02 Å². The molecule has 6 nitrogen and oxygen atoms in total. The van der Waals surface area contributed by atoms with Crippen molar-refractivity contribution in [3.05, 3.63) is 95.0 Å². The van der Waals surface area contributed by atoms with Crippen LogP contribution in [0.3, 0.4) is 0 Å². The summed E-state index contributed by atoms with van der Waals surface area (Å²) in [7, 11) is 1.55. The molecule has 1 aliphatic heterocycles. The Bertz CT molecular complexity index is 1180. The zero-order valence-electron chi connectivity index (χ0n) is 18.8. The lowest BCUT2D eigenvalue weighted by Crippen LogP contribution is -2.47. The van der Waals surface area contributed by atoms with Crippen molar-refractivity contribution in [3.8, 4) is 5.75 Å². The molecule has 34 heavy (non-hydrogen) atoms. The Morgan fingerprint density at radius 3 is 2.38 bits per heavy atom. The number of carbonyl (C=O) groups is 3. The van der Waals surface area contributed by atoms with Crippen molar-refractivity contribution in [2.45, 2.75) is 25.3 Å². The van der Waals surface area contributed by atoms with Crippen LogP contribution in [0.4, 0.5) is 5.69 Å². The molecule has 0 aromatic heterocycles. The van der Waals surface area contributed by atoms with Crippen LogP contribution in [-0.4, -0.2) is 42.3 Å². The zero-order chi connectivity index (χ0) is 24.1. The largest absolute Gasteiger partial charge is 0.497 e. The van der Waals surface area contributed by atoms with Gasteiger partial charge in [0.1, 0.15) is 11.8 Å². The third kappa shape index (κ3) is 5.29. The molecule has 0 N–H and O–H groups in total. The highest BCUT2D eigenvalue weighted by atomic mass is 35.5. The number of anilines is 1. The molecule has 1 unspecified atom stereocenters. The van der Waals surface area contributed by atoms with E-state index in [-0.39, 0.29) is 24.7 Å². The molecule has 1 saturated heterocycles. The van der Waals surface area contributed by atoms with Crippen molar-refractivity contribution in [1.82, 2.24) is 4.90 Å². The van der Waals surface area contributed by atoms with Gasteiger partial charge < -0.3 is 9.64 Å². The van der Waals surface area contributed by atoms with Gasteiger partial charge >= 0.3 is 0 Å². The average Bonchev–Trinajstić information content (AvgIpc) is 3.13. The molecule has 0 aliphatic carbocycles. The van der Waals surface area contributed by atoms with Gasteiger partial charge in [0.15, 0.2) is 0 Å². The fourth-order valence-electron chi connectivity index (χ4n) is 4.13. The second kappa shape index (κ2) is 10.5. The summed E-state index contributed by atoms with van der Waals surface area (Å²) in [5, 5.41) is 0.609. The molecular weight excluding hydrogens is 452 g/mol. The first-order valence-electron chi connectivity index (χ1n) is 11.0. The standard InChI is InChI=1S/C27H25ClN2O4/c1-34-23-12-10-22(11-13-23)30-26(32)18-24(27(30)33)29(15-14-20-8-5-9-21(28)16-20)25(31)17-19-6-3-2-4-7-19/h2-13,16,24H,14-15,17-18H2,1H3. The van der Waals surface area contributed by atoms with Crippen LogP contribution in [0.5, 0.6) is 5.75 Å². The highest BCUT2D eigenvalue weighted by molar-refractivity contribution is 6.30. The second-order valence-corrected chi connectivity index (χ2v) is 8.55. The summed E-state index contributed by atoms with van der Waals surface area (Å²) >= 11 is 6.11. The molecule has 1 fully saturated rings. The maximum absolute atomic E-state index is 13.4. The first-order valence-corrected chi connectivity index (χ1v) is 11.4. The van der Waals surface area contributed by atoms with Crippen molar-refractivity contribution in [2.24, 2.45) is 0 Å². The topological polar surface area (TPSA) is 66.9 Å². The van der Waals surface area contributed by atoms with Crippen LogP contribution >= 0.6 is 11.6 Å². The summed E-state index contributed by atoms with van der Waals surface area (Å²) in [6, 6.07) is 22.6. The Labute approximate surface area is 203 Å². The van der Waals surface area contributed by atoms with E-state index in [2.05, 4.69) is 0 Å². The van der Waals surface area contributed by atoms with Gasteiger partial charge in [0, 0.05) is 11.6 Å². The number of hydrogen-bond donors (Lipinski definition) is 0. The zero-order valence-corrected chi connectivity index (χ0v) is 19.6. The lowest BCUT2D eigenvalue weighted by atomic mass is 10.1. The SMILES string of the molecule is COc1ccc(N2C(=O)CC(N(CCc3cccc(Cl)c3)C(=O)Cc3ccccc3)C2=O)cc1. The average molecular weight is 477 g/mol. The van der Waals surface area contributed by atoms with Gasteiger partial charge in [-0.25, -0.2) is 4.90 Å². The van der Waals surface area contributed by atoms with Gasteiger partial charge in [0.25, 0.3) is 5.91 Å². The Morgan fingerprint density at radius 2 is 1.71 bits per heavy atom. The van der Waals surface area contributed by atoms with E-state index < -0.39 is 11.9 Å². The van der Waals surface area contributed by atoms with Gasteiger partial charge in [-0.1, -0.05) is 54.1 Å². The fourth-order valence-corrected chi connectivity index (χ4v) is 4.34. The number of rotatable bonds is 8. The molecule has 1 aliphatic rings. The Balaban J connectivity index is 1.58. The van der Waals surface area contributed by atoms with E-state index in [0.717, 1.165) is 16.0 Å². The molecule has 0 bridgehead atoms. The number of nitrogens with zero attached hydrogens (tertiary/aromatic N) is 2. The summed E-state index contributed by atoms with van der Waals surface area (Å²) in [4.78, 5) is 42.3. The normalized spacial score (nSPS) is 15.5. The van der Waals surface area contributed by atoms with Gasteiger partial charge in [-0.05, 0) is 53.9 Å². The predicted molar refractivity (Wildman–Crippen MR) is 131 cm³/mol. The second-order valence-electron chi connectivity index (χ2n) is 8.11. The van der Waals surface area contributed by atoms with Gasteiger partial charge in [-0.15, -0.1) is 0 Å². The molecule has 3 aromatic carbocycles. The fraction of sp³-hybridized carbons (Fsp3) is 0.222. The number of imide groups is 1. The number of hydrogen-bond acceptors (Lipinski definition) is 4. The number of methoxy groups -OCH3 is 1. The number of amides is 3. The molecule has 0 saturated carbocycles. The van der Waals surface area contributed by atoms with E-state index in [4.69, 9.17) is 16.3 Å². The molecule has 0 spiro atoms. The highest BCUT2D eigenvalue weighted by Gasteiger charge is 2.44. The number of ether oxygens (including phenoxy) is 1. The molecule has 7 heteroatoms. The number of halogens is 1. The molecule has 1 heterocycles. The summed E-state index contributed by atoms with van der Waals surface area (Å²) in [6.07, 6.45) is 0.611. The molecule has 0 radical (unpaired) electrons. The first kappa shape index (κ1) is 23.5. The Hall–Kier alpha value is -3.64. The maximum atomic E-state index is 13.4. The van der Waals surface area contributed by atoms with Crippen LogP contribution in [0.25, 0.3) is 0 Å². The van der Waals surface area contributed by atoms with Crippen LogP contribution in [-0.2, 0) is 27.2 Å².